The standard InChI is InChI=1S/C17H21N3O3S2/c1-13-6-7-14(16(21)18-17-19(2)10-11-24-17)12-15(13)25(22,23)20-8-4-3-5-9-20/h6-7,10-12H,3-5,8-9H2,1-2H3. The number of amides is 1. The minimum Gasteiger partial charge on any atom is -0.327 e. The Morgan fingerprint density at radius 1 is 1.20 bits per heavy atom. The van der Waals surface area contributed by atoms with Crippen molar-refractivity contribution in [3.63, 3.8) is 0 Å². The SMILES string of the molecule is Cc1ccc(C(=O)N=c2sccn2C)cc1S(=O)(=O)N1CCCCC1. The normalized spacial score (nSPS) is 17.0. The van der Waals surface area contributed by atoms with Crippen LogP contribution in [0.4, 0.5) is 0 Å². The summed E-state index contributed by atoms with van der Waals surface area (Å²) < 4.78 is 29.1. The molecule has 0 unspecified atom stereocenters. The number of thiazole rings is 1. The molecule has 0 atom stereocenters. The van der Waals surface area contributed by atoms with Gasteiger partial charge >= 0.3 is 0 Å². The summed E-state index contributed by atoms with van der Waals surface area (Å²) in [5.74, 6) is -0.437. The number of nitrogens with zero attached hydrogens (tertiary/aromatic N) is 3. The van der Waals surface area contributed by atoms with Crippen LogP contribution in [0.15, 0.2) is 39.7 Å². The van der Waals surface area contributed by atoms with Gasteiger partial charge in [0, 0.05) is 37.3 Å². The molecule has 1 aliphatic rings. The van der Waals surface area contributed by atoms with E-state index in [0.29, 0.717) is 23.5 Å². The van der Waals surface area contributed by atoms with Crippen LogP contribution in [0.2, 0.25) is 0 Å². The largest absolute Gasteiger partial charge is 0.327 e. The summed E-state index contributed by atoms with van der Waals surface area (Å²) in [5, 5.41) is 1.84. The van der Waals surface area contributed by atoms with Gasteiger partial charge in [0.2, 0.25) is 10.0 Å². The lowest BCUT2D eigenvalue weighted by Crippen LogP contribution is -2.36. The van der Waals surface area contributed by atoms with Gasteiger partial charge in [-0.05, 0) is 37.5 Å². The van der Waals surface area contributed by atoms with Crippen molar-refractivity contribution in [2.45, 2.75) is 31.1 Å². The number of piperidine rings is 1. The van der Waals surface area contributed by atoms with Gasteiger partial charge in [0.25, 0.3) is 5.91 Å². The Hall–Kier alpha value is -1.77. The van der Waals surface area contributed by atoms with E-state index in [9.17, 15) is 13.2 Å². The van der Waals surface area contributed by atoms with Crippen LogP contribution in [-0.4, -0.2) is 36.3 Å². The summed E-state index contributed by atoms with van der Waals surface area (Å²) in [4.78, 5) is 17.3. The molecule has 1 aliphatic heterocycles. The van der Waals surface area contributed by atoms with Crippen LogP contribution in [0.25, 0.3) is 0 Å². The predicted molar refractivity (Wildman–Crippen MR) is 97.0 cm³/mol. The number of benzene rings is 1. The molecule has 1 fully saturated rings. The van der Waals surface area contributed by atoms with Gasteiger partial charge in [-0.2, -0.15) is 9.30 Å². The fourth-order valence-electron chi connectivity index (χ4n) is 2.84. The summed E-state index contributed by atoms with van der Waals surface area (Å²) in [7, 11) is -1.77. The zero-order valence-corrected chi connectivity index (χ0v) is 15.9. The lowest BCUT2D eigenvalue weighted by molar-refractivity contribution is 0.0997. The maximum absolute atomic E-state index is 12.9. The second kappa shape index (κ2) is 7.23. The number of rotatable bonds is 3. The van der Waals surface area contributed by atoms with Crippen LogP contribution in [-0.2, 0) is 17.1 Å². The highest BCUT2D eigenvalue weighted by Gasteiger charge is 2.28. The minimum atomic E-state index is -3.58. The third kappa shape index (κ3) is 3.75. The van der Waals surface area contributed by atoms with Gasteiger partial charge in [-0.3, -0.25) is 4.79 Å². The molecule has 0 bridgehead atoms. The molecule has 25 heavy (non-hydrogen) atoms. The van der Waals surface area contributed by atoms with Crippen molar-refractivity contribution in [2.24, 2.45) is 12.0 Å². The predicted octanol–water partition coefficient (Wildman–Crippen LogP) is 2.31. The van der Waals surface area contributed by atoms with Gasteiger partial charge in [-0.15, -0.1) is 11.3 Å². The first-order valence-electron chi connectivity index (χ1n) is 8.19. The Kier molecular flexibility index (Phi) is 5.21. The highest BCUT2D eigenvalue weighted by Crippen LogP contribution is 2.24. The Balaban J connectivity index is 1.98. The Morgan fingerprint density at radius 3 is 2.56 bits per heavy atom. The zero-order chi connectivity index (χ0) is 18.0. The molecule has 8 heteroatoms. The van der Waals surface area contributed by atoms with E-state index < -0.39 is 15.9 Å². The molecule has 2 aromatic rings. The van der Waals surface area contributed by atoms with Gasteiger partial charge in [-0.25, -0.2) is 8.42 Å². The van der Waals surface area contributed by atoms with Gasteiger partial charge in [0.05, 0.1) is 4.90 Å². The number of sulfonamides is 1. The van der Waals surface area contributed by atoms with Crippen molar-refractivity contribution in [1.29, 1.82) is 0 Å². The van der Waals surface area contributed by atoms with Crippen molar-refractivity contribution in [3.05, 3.63) is 45.7 Å². The lowest BCUT2D eigenvalue weighted by Gasteiger charge is -2.26. The van der Waals surface area contributed by atoms with Gasteiger partial charge < -0.3 is 4.57 Å². The number of aromatic nitrogens is 1. The molecule has 1 amide bonds. The van der Waals surface area contributed by atoms with Crippen molar-refractivity contribution in [1.82, 2.24) is 8.87 Å². The molecule has 3 rings (SSSR count). The van der Waals surface area contributed by atoms with Crippen LogP contribution < -0.4 is 4.80 Å². The molecular weight excluding hydrogens is 358 g/mol. The maximum Gasteiger partial charge on any atom is 0.279 e. The summed E-state index contributed by atoms with van der Waals surface area (Å²) in [5.41, 5.74) is 0.929. The monoisotopic (exact) mass is 379 g/mol. The molecule has 1 aromatic carbocycles. The lowest BCUT2D eigenvalue weighted by atomic mass is 10.1. The van der Waals surface area contributed by atoms with E-state index >= 15 is 0 Å². The molecular formula is C17H21N3O3S2. The molecule has 0 N–H and O–H groups in total. The van der Waals surface area contributed by atoms with Crippen molar-refractivity contribution in [3.8, 4) is 0 Å². The topological polar surface area (TPSA) is 71.7 Å². The zero-order valence-electron chi connectivity index (χ0n) is 14.3. The molecule has 134 valence electrons. The summed E-state index contributed by atoms with van der Waals surface area (Å²) in [6.07, 6.45) is 4.63. The first kappa shape index (κ1) is 18.0. The smallest absolute Gasteiger partial charge is 0.279 e. The van der Waals surface area contributed by atoms with E-state index in [1.165, 1.54) is 21.7 Å². The van der Waals surface area contributed by atoms with Gasteiger partial charge in [0.1, 0.15) is 0 Å². The molecule has 6 nitrogen and oxygen atoms in total. The number of hydrogen-bond donors (Lipinski definition) is 0. The van der Waals surface area contributed by atoms with Gasteiger partial charge in [0.15, 0.2) is 4.80 Å². The molecule has 2 heterocycles. The second-order valence-corrected chi connectivity index (χ2v) is 8.94. The van der Waals surface area contributed by atoms with E-state index in [1.54, 1.807) is 23.6 Å². The fourth-order valence-corrected chi connectivity index (χ4v) is 5.34. The molecule has 0 radical (unpaired) electrons. The van der Waals surface area contributed by atoms with Crippen LogP contribution in [0.3, 0.4) is 0 Å². The van der Waals surface area contributed by atoms with Gasteiger partial charge in [-0.1, -0.05) is 12.5 Å². The average molecular weight is 380 g/mol. The van der Waals surface area contributed by atoms with Crippen LogP contribution in [0, 0.1) is 6.92 Å². The maximum atomic E-state index is 12.9. The van der Waals surface area contributed by atoms with Crippen LogP contribution >= 0.6 is 11.3 Å². The number of carbonyl (C=O) groups is 1. The Morgan fingerprint density at radius 2 is 1.92 bits per heavy atom. The number of carbonyl (C=O) groups excluding carboxylic acids is 1. The van der Waals surface area contributed by atoms with Crippen molar-refractivity contribution < 1.29 is 13.2 Å². The minimum absolute atomic E-state index is 0.200. The fraction of sp³-hybridized carbons (Fsp3) is 0.412. The highest BCUT2D eigenvalue weighted by molar-refractivity contribution is 7.89. The molecule has 0 spiro atoms. The Bertz CT molecular complexity index is 952. The van der Waals surface area contributed by atoms with E-state index in [-0.39, 0.29) is 10.5 Å². The second-order valence-electron chi connectivity index (χ2n) is 6.16. The van der Waals surface area contributed by atoms with Crippen molar-refractivity contribution in [2.75, 3.05) is 13.1 Å². The van der Waals surface area contributed by atoms with Crippen molar-refractivity contribution >= 4 is 27.3 Å². The van der Waals surface area contributed by atoms with Crippen LogP contribution in [0.5, 0.6) is 0 Å². The summed E-state index contributed by atoms with van der Waals surface area (Å²) in [6, 6.07) is 4.76. The average Bonchev–Trinajstić information content (AvgIpc) is 3.00. The molecule has 0 saturated carbocycles. The summed E-state index contributed by atoms with van der Waals surface area (Å²) in [6.45, 7) is 2.83. The first-order chi connectivity index (χ1) is 11.9. The quantitative estimate of drug-likeness (QED) is 0.822. The van der Waals surface area contributed by atoms with E-state index in [2.05, 4.69) is 4.99 Å². The number of hydrogen-bond acceptors (Lipinski definition) is 4. The highest BCUT2D eigenvalue weighted by atomic mass is 32.2. The Labute approximate surface area is 151 Å². The third-order valence-electron chi connectivity index (χ3n) is 4.32. The molecule has 0 aliphatic carbocycles. The van der Waals surface area contributed by atoms with E-state index in [0.717, 1.165) is 19.3 Å². The van der Waals surface area contributed by atoms with E-state index in [1.807, 2.05) is 18.6 Å². The van der Waals surface area contributed by atoms with E-state index in [4.69, 9.17) is 0 Å². The molecule has 1 aromatic heterocycles. The van der Waals surface area contributed by atoms with Crippen LogP contribution in [0.1, 0.15) is 35.2 Å². The first-order valence-corrected chi connectivity index (χ1v) is 10.5. The third-order valence-corrected chi connectivity index (χ3v) is 7.21. The summed E-state index contributed by atoms with van der Waals surface area (Å²) >= 11 is 1.36. The molecule has 1 saturated heterocycles. The number of aryl methyl sites for hydroxylation is 2.